The maximum absolute atomic E-state index is 6.25. The first-order chi connectivity index (χ1) is 8.58. The van der Waals surface area contributed by atoms with Gasteiger partial charge in [-0.3, -0.25) is 0 Å². The largest absolute Gasteiger partial charge is 0.389 e. The number of hydrogen-bond donors (Lipinski definition) is 1. The highest BCUT2D eigenvalue weighted by Crippen LogP contribution is 2.27. The number of nitrogens with zero attached hydrogens (tertiary/aromatic N) is 1. The Kier molecular flexibility index (Phi) is 4.22. The molecule has 1 aromatic heterocycles. The molecule has 2 N–H and O–H groups in total. The second-order valence-electron chi connectivity index (χ2n) is 4.02. The van der Waals surface area contributed by atoms with E-state index in [1.807, 2.05) is 25.2 Å². The van der Waals surface area contributed by atoms with Crippen molar-refractivity contribution in [3.8, 4) is 0 Å². The molecule has 0 fully saturated rings. The van der Waals surface area contributed by atoms with Crippen LogP contribution in [0.3, 0.4) is 0 Å². The third kappa shape index (κ3) is 3.02. The summed E-state index contributed by atoms with van der Waals surface area (Å²) in [5.41, 5.74) is 8.62. The van der Waals surface area contributed by atoms with Crippen molar-refractivity contribution in [3.05, 3.63) is 51.2 Å². The molecule has 0 aliphatic carbocycles. The summed E-state index contributed by atoms with van der Waals surface area (Å²) in [5.74, 6) is 0. The minimum atomic E-state index is 0.365. The number of thiocarbonyl (C=S) groups is 1. The number of halogens is 1. The van der Waals surface area contributed by atoms with Gasteiger partial charge in [-0.2, -0.15) is 11.3 Å². The van der Waals surface area contributed by atoms with Crippen LogP contribution in [0.2, 0.25) is 5.02 Å². The van der Waals surface area contributed by atoms with Crippen molar-refractivity contribution in [2.45, 2.75) is 6.54 Å². The van der Waals surface area contributed by atoms with E-state index >= 15 is 0 Å². The number of hydrogen-bond acceptors (Lipinski definition) is 3. The van der Waals surface area contributed by atoms with Gasteiger partial charge in [0, 0.05) is 19.2 Å². The van der Waals surface area contributed by atoms with Crippen molar-refractivity contribution >= 4 is 45.8 Å². The fraction of sp³-hybridized carbons (Fsp3) is 0.154. The number of thiophene rings is 1. The lowest BCUT2D eigenvalue weighted by molar-refractivity contribution is 0.928. The van der Waals surface area contributed by atoms with Crippen LogP contribution in [0.5, 0.6) is 0 Å². The Morgan fingerprint density at radius 2 is 2.22 bits per heavy atom. The molecule has 5 heteroatoms. The fourth-order valence-corrected chi connectivity index (χ4v) is 2.82. The topological polar surface area (TPSA) is 29.3 Å². The van der Waals surface area contributed by atoms with Gasteiger partial charge in [-0.05, 0) is 40.6 Å². The van der Waals surface area contributed by atoms with Crippen LogP contribution >= 0.6 is 35.2 Å². The summed E-state index contributed by atoms with van der Waals surface area (Å²) in [6, 6.07) is 7.76. The minimum absolute atomic E-state index is 0.365. The molecule has 1 aromatic carbocycles. The van der Waals surface area contributed by atoms with Crippen molar-refractivity contribution in [2.24, 2.45) is 5.73 Å². The highest BCUT2D eigenvalue weighted by atomic mass is 35.5. The highest BCUT2D eigenvalue weighted by molar-refractivity contribution is 7.80. The van der Waals surface area contributed by atoms with Crippen LogP contribution in [0.25, 0.3) is 0 Å². The van der Waals surface area contributed by atoms with Gasteiger partial charge in [-0.1, -0.05) is 23.8 Å². The molecule has 1 heterocycles. The Balaban J connectivity index is 2.20. The third-order valence-electron chi connectivity index (χ3n) is 2.64. The molecular weight excluding hydrogens is 284 g/mol. The van der Waals surface area contributed by atoms with Gasteiger partial charge in [0.15, 0.2) is 0 Å². The number of rotatable bonds is 4. The first-order valence-electron chi connectivity index (χ1n) is 5.39. The van der Waals surface area contributed by atoms with Crippen LogP contribution in [0, 0.1) is 0 Å². The molecule has 2 nitrogen and oxygen atoms in total. The molecule has 0 aliphatic rings. The van der Waals surface area contributed by atoms with Crippen LogP contribution in [0.15, 0.2) is 35.0 Å². The minimum Gasteiger partial charge on any atom is -0.389 e. The summed E-state index contributed by atoms with van der Waals surface area (Å²) in [7, 11) is 2.01. The summed E-state index contributed by atoms with van der Waals surface area (Å²) in [6.07, 6.45) is 0. The van der Waals surface area contributed by atoms with Crippen LogP contribution < -0.4 is 10.6 Å². The lowest BCUT2D eigenvalue weighted by Gasteiger charge is -2.20. The number of benzene rings is 1. The second kappa shape index (κ2) is 5.69. The SMILES string of the molecule is CN(Cc1ccsc1)c1ccc(C(N)=S)cc1Cl. The first kappa shape index (κ1) is 13.3. The maximum atomic E-state index is 6.25. The summed E-state index contributed by atoms with van der Waals surface area (Å²) in [6.45, 7) is 0.829. The Hall–Kier alpha value is -1.10. The van der Waals surface area contributed by atoms with E-state index in [9.17, 15) is 0 Å². The fourth-order valence-electron chi connectivity index (χ4n) is 1.71. The lowest BCUT2D eigenvalue weighted by Crippen LogP contribution is -2.17. The Labute approximate surface area is 121 Å². The molecule has 0 atom stereocenters. The van der Waals surface area contributed by atoms with Crippen LogP contribution in [-0.4, -0.2) is 12.0 Å². The Morgan fingerprint density at radius 1 is 1.44 bits per heavy atom. The van der Waals surface area contributed by atoms with E-state index in [1.54, 1.807) is 11.3 Å². The van der Waals surface area contributed by atoms with Crippen molar-refractivity contribution in [1.29, 1.82) is 0 Å². The molecule has 2 aromatic rings. The molecule has 2 rings (SSSR count). The van der Waals surface area contributed by atoms with E-state index in [0.717, 1.165) is 17.8 Å². The van der Waals surface area contributed by atoms with Gasteiger partial charge in [-0.25, -0.2) is 0 Å². The predicted octanol–water partition coefficient (Wildman–Crippen LogP) is 3.67. The average Bonchev–Trinajstić information content (AvgIpc) is 2.81. The molecular formula is C13H13ClN2S2. The molecule has 0 amide bonds. The molecule has 0 saturated heterocycles. The lowest BCUT2D eigenvalue weighted by atomic mass is 10.2. The van der Waals surface area contributed by atoms with Gasteiger partial charge < -0.3 is 10.6 Å². The van der Waals surface area contributed by atoms with Crippen LogP contribution in [-0.2, 0) is 6.54 Å². The first-order valence-corrected chi connectivity index (χ1v) is 7.12. The van der Waals surface area contributed by atoms with Crippen molar-refractivity contribution in [1.82, 2.24) is 0 Å². The van der Waals surface area contributed by atoms with Crippen LogP contribution in [0.4, 0.5) is 5.69 Å². The van der Waals surface area contributed by atoms with Gasteiger partial charge in [-0.15, -0.1) is 0 Å². The summed E-state index contributed by atoms with van der Waals surface area (Å²) in [5, 5.41) is 4.87. The second-order valence-corrected chi connectivity index (χ2v) is 5.65. The third-order valence-corrected chi connectivity index (χ3v) is 3.91. The summed E-state index contributed by atoms with van der Waals surface area (Å²) < 4.78 is 0. The zero-order valence-corrected chi connectivity index (χ0v) is 12.3. The van der Waals surface area contributed by atoms with E-state index in [-0.39, 0.29) is 0 Å². The average molecular weight is 297 g/mol. The van der Waals surface area contributed by atoms with Gasteiger partial charge in [0.05, 0.1) is 10.7 Å². The molecule has 0 aliphatic heterocycles. The Morgan fingerprint density at radius 3 is 2.78 bits per heavy atom. The predicted molar refractivity (Wildman–Crippen MR) is 83.8 cm³/mol. The molecule has 0 radical (unpaired) electrons. The molecule has 0 bridgehead atoms. The summed E-state index contributed by atoms with van der Waals surface area (Å²) >= 11 is 12.9. The van der Waals surface area contributed by atoms with E-state index in [4.69, 9.17) is 29.6 Å². The van der Waals surface area contributed by atoms with E-state index < -0.39 is 0 Å². The van der Waals surface area contributed by atoms with E-state index in [2.05, 4.69) is 21.7 Å². The van der Waals surface area contributed by atoms with E-state index in [0.29, 0.717) is 10.0 Å². The molecule has 94 valence electrons. The van der Waals surface area contributed by atoms with Crippen LogP contribution in [0.1, 0.15) is 11.1 Å². The zero-order chi connectivity index (χ0) is 13.1. The Bertz CT molecular complexity index is 552. The van der Waals surface area contributed by atoms with Gasteiger partial charge in [0.2, 0.25) is 0 Å². The number of nitrogens with two attached hydrogens (primary N) is 1. The maximum Gasteiger partial charge on any atom is 0.104 e. The van der Waals surface area contributed by atoms with Gasteiger partial charge >= 0.3 is 0 Å². The summed E-state index contributed by atoms with van der Waals surface area (Å²) in [4.78, 5) is 2.47. The monoisotopic (exact) mass is 296 g/mol. The number of anilines is 1. The quantitative estimate of drug-likeness (QED) is 0.873. The standard InChI is InChI=1S/C13H13ClN2S2/c1-16(7-9-4-5-18-8-9)12-3-2-10(13(15)17)6-11(12)14/h2-6,8H,7H2,1H3,(H2,15,17). The van der Waals surface area contributed by atoms with Crippen molar-refractivity contribution in [3.63, 3.8) is 0 Å². The molecule has 18 heavy (non-hydrogen) atoms. The van der Waals surface area contributed by atoms with Crippen molar-refractivity contribution < 1.29 is 0 Å². The van der Waals surface area contributed by atoms with Gasteiger partial charge in [0.1, 0.15) is 4.99 Å². The highest BCUT2D eigenvalue weighted by Gasteiger charge is 2.08. The molecule has 0 spiro atoms. The zero-order valence-electron chi connectivity index (χ0n) is 9.89. The smallest absolute Gasteiger partial charge is 0.104 e. The van der Waals surface area contributed by atoms with E-state index in [1.165, 1.54) is 5.56 Å². The van der Waals surface area contributed by atoms with Crippen molar-refractivity contribution in [2.75, 3.05) is 11.9 Å². The molecule has 0 saturated carbocycles. The van der Waals surface area contributed by atoms with Gasteiger partial charge in [0.25, 0.3) is 0 Å². The molecule has 0 unspecified atom stereocenters. The normalized spacial score (nSPS) is 10.3.